The van der Waals surface area contributed by atoms with E-state index in [9.17, 15) is 13.6 Å². The van der Waals surface area contributed by atoms with Crippen molar-refractivity contribution in [3.05, 3.63) is 59.2 Å². The highest BCUT2D eigenvalue weighted by Crippen LogP contribution is 2.28. The van der Waals surface area contributed by atoms with Crippen LogP contribution in [0.4, 0.5) is 8.78 Å². The van der Waals surface area contributed by atoms with Crippen LogP contribution < -0.4 is 0 Å². The van der Waals surface area contributed by atoms with Gasteiger partial charge >= 0.3 is 5.97 Å². The van der Waals surface area contributed by atoms with E-state index in [4.69, 9.17) is 10.00 Å². The van der Waals surface area contributed by atoms with Crippen molar-refractivity contribution in [3.8, 4) is 17.2 Å². The highest BCUT2D eigenvalue weighted by Gasteiger charge is 2.24. The number of halogens is 2. The molecule has 0 aromatic heterocycles. The van der Waals surface area contributed by atoms with E-state index in [-0.39, 0.29) is 5.56 Å². The van der Waals surface area contributed by atoms with Crippen molar-refractivity contribution in [3.63, 3.8) is 0 Å². The van der Waals surface area contributed by atoms with Crippen molar-refractivity contribution in [1.82, 2.24) is 0 Å². The summed E-state index contributed by atoms with van der Waals surface area (Å²) in [5.74, 6) is -3.34. The zero-order valence-electron chi connectivity index (χ0n) is 13.0. The number of nitriles is 1. The SMILES string of the molecule is CC(C)(C)OC(=O)c1ccc(-c2cccc(C#N)c2)c(F)c1F. The summed E-state index contributed by atoms with van der Waals surface area (Å²) in [5.41, 5.74) is -0.598. The second-order valence-corrected chi connectivity index (χ2v) is 5.98. The molecule has 0 aliphatic rings. The predicted molar refractivity (Wildman–Crippen MR) is 81.7 cm³/mol. The third kappa shape index (κ3) is 3.72. The standard InChI is InChI=1S/C18H15F2NO2/c1-18(2,3)23-17(22)14-8-7-13(15(19)16(14)20)12-6-4-5-11(9-12)10-21/h4-9H,1-3H3. The predicted octanol–water partition coefficient (Wildman–Crippen LogP) is 4.46. The van der Waals surface area contributed by atoms with Crippen molar-refractivity contribution in [2.24, 2.45) is 0 Å². The minimum absolute atomic E-state index is 0.0214. The van der Waals surface area contributed by atoms with Crippen molar-refractivity contribution >= 4 is 5.97 Å². The molecule has 0 spiro atoms. The lowest BCUT2D eigenvalue weighted by atomic mass is 10.0. The molecule has 0 heterocycles. The molecule has 5 heteroatoms. The van der Waals surface area contributed by atoms with Gasteiger partial charge in [0, 0.05) is 5.56 Å². The van der Waals surface area contributed by atoms with Crippen LogP contribution in [0.5, 0.6) is 0 Å². The fourth-order valence-corrected chi connectivity index (χ4v) is 2.02. The average Bonchev–Trinajstić information content (AvgIpc) is 2.48. The van der Waals surface area contributed by atoms with E-state index in [1.807, 2.05) is 6.07 Å². The zero-order valence-corrected chi connectivity index (χ0v) is 13.0. The molecule has 0 amide bonds. The van der Waals surface area contributed by atoms with E-state index in [1.165, 1.54) is 18.2 Å². The van der Waals surface area contributed by atoms with Gasteiger partial charge in [0.25, 0.3) is 0 Å². The molecule has 0 radical (unpaired) electrons. The van der Waals surface area contributed by atoms with Gasteiger partial charge in [0.05, 0.1) is 17.2 Å². The number of benzene rings is 2. The smallest absolute Gasteiger partial charge is 0.341 e. The Kier molecular flexibility index (Phi) is 4.46. The maximum atomic E-state index is 14.3. The van der Waals surface area contributed by atoms with E-state index in [1.54, 1.807) is 39.0 Å². The Morgan fingerprint density at radius 1 is 1.13 bits per heavy atom. The second-order valence-electron chi connectivity index (χ2n) is 5.98. The van der Waals surface area contributed by atoms with Crippen molar-refractivity contribution in [1.29, 1.82) is 5.26 Å². The van der Waals surface area contributed by atoms with Crippen LogP contribution in [0.15, 0.2) is 36.4 Å². The minimum Gasteiger partial charge on any atom is -0.456 e. The monoisotopic (exact) mass is 315 g/mol. The Balaban J connectivity index is 2.45. The number of esters is 1. The normalized spacial score (nSPS) is 11.0. The van der Waals surface area contributed by atoms with Gasteiger partial charge in [-0.1, -0.05) is 18.2 Å². The lowest BCUT2D eigenvalue weighted by Gasteiger charge is -2.20. The maximum absolute atomic E-state index is 14.3. The number of carbonyl (C=O) groups is 1. The molecule has 2 aromatic carbocycles. The van der Waals surface area contributed by atoms with Crippen molar-refractivity contribution in [2.45, 2.75) is 26.4 Å². The molecule has 0 bridgehead atoms. The number of hydrogen-bond donors (Lipinski definition) is 0. The minimum atomic E-state index is -1.26. The number of hydrogen-bond acceptors (Lipinski definition) is 3. The summed E-state index contributed by atoms with van der Waals surface area (Å²) >= 11 is 0. The highest BCUT2D eigenvalue weighted by molar-refractivity contribution is 5.90. The lowest BCUT2D eigenvalue weighted by Crippen LogP contribution is -2.24. The highest BCUT2D eigenvalue weighted by atomic mass is 19.2. The number of carbonyl (C=O) groups excluding carboxylic acids is 1. The van der Waals surface area contributed by atoms with Gasteiger partial charge in [-0.25, -0.2) is 13.6 Å². The van der Waals surface area contributed by atoms with Gasteiger partial charge in [0.15, 0.2) is 11.6 Å². The fraction of sp³-hybridized carbons (Fsp3) is 0.222. The van der Waals surface area contributed by atoms with Gasteiger partial charge in [-0.2, -0.15) is 5.26 Å². The van der Waals surface area contributed by atoms with Crippen molar-refractivity contribution in [2.75, 3.05) is 0 Å². The van der Waals surface area contributed by atoms with Gasteiger partial charge in [0.1, 0.15) is 5.60 Å². The Morgan fingerprint density at radius 2 is 1.83 bits per heavy atom. The summed E-state index contributed by atoms with van der Waals surface area (Å²) in [6.07, 6.45) is 0. The molecule has 2 aromatic rings. The Hall–Kier alpha value is -2.74. The van der Waals surface area contributed by atoms with Crippen LogP contribution in [0.2, 0.25) is 0 Å². The van der Waals surface area contributed by atoms with E-state index < -0.39 is 28.8 Å². The third-order valence-corrected chi connectivity index (χ3v) is 3.00. The van der Waals surface area contributed by atoms with Gasteiger partial charge in [-0.05, 0) is 44.5 Å². The molecule has 0 N–H and O–H groups in total. The molecule has 0 atom stereocenters. The van der Waals surface area contributed by atoms with Gasteiger partial charge < -0.3 is 4.74 Å². The molecule has 23 heavy (non-hydrogen) atoms. The quantitative estimate of drug-likeness (QED) is 0.769. The summed E-state index contributed by atoms with van der Waals surface area (Å²) in [6, 6.07) is 10.6. The van der Waals surface area contributed by atoms with Crippen molar-refractivity contribution < 1.29 is 18.3 Å². The van der Waals surface area contributed by atoms with Gasteiger partial charge in [-0.3, -0.25) is 0 Å². The van der Waals surface area contributed by atoms with Gasteiger partial charge in [0.2, 0.25) is 0 Å². The molecule has 0 aliphatic heterocycles. The molecule has 118 valence electrons. The topological polar surface area (TPSA) is 50.1 Å². The molecular weight excluding hydrogens is 300 g/mol. The summed E-state index contributed by atoms with van der Waals surface area (Å²) < 4.78 is 33.6. The Labute approximate surface area is 133 Å². The molecule has 2 rings (SSSR count). The lowest BCUT2D eigenvalue weighted by molar-refractivity contribution is 0.00637. The number of nitrogens with zero attached hydrogens (tertiary/aromatic N) is 1. The van der Waals surface area contributed by atoms with Crippen LogP contribution in [-0.2, 0) is 4.74 Å². The summed E-state index contributed by atoms with van der Waals surface area (Å²) in [5, 5.41) is 8.88. The molecule has 3 nitrogen and oxygen atoms in total. The average molecular weight is 315 g/mol. The second kappa shape index (κ2) is 6.17. The first-order valence-corrected chi connectivity index (χ1v) is 6.95. The maximum Gasteiger partial charge on any atom is 0.341 e. The first-order valence-electron chi connectivity index (χ1n) is 6.95. The molecular formula is C18H15F2NO2. The largest absolute Gasteiger partial charge is 0.456 e. The summed E-state index contributed by atoms with van der Waals surface area (Å²) in [4.78, 5) is 11.9. The Morgan fingerprint density at radius 3 is 2.43 bits per heavy atom. The van der Waals surface area contributed by atoms with Crippen LogP contribution >= 0.6 is 0 Å². The van der Waals surface area contributed by atoms with E-state index in [0.29, 0.717) is 11.1 Å². The third-order valence-electron chi connectivity index (χ3n) is 3.00. The van der Waals surface area contributed by atoms with E-state index >= 15 is 0 Å². The van der Waals surface area contributed by atoms with E-state index in [0.717, 1.165) is 0 Å². The molecule has 0 saturated carbocycles. The van der Waals surface area contributed by atoms with Crippen LogP contribution in [0, 0.1) is 23.0 Å². The van der Waals surface area contributed by atoms with Crippen LogP contribution in [-0.4, -0.2) is 11.6 Å². The number of rotatable bonds is 2. The van der Waals surface area contributed by atoms with Crippen LogP contribution in [0.3, 0.4) is 0 Å². The molecule has 0 saturated heterocycles. The molecule has 0 unspecified atom stereocenters. The van der Waals surface area contributed by atoms with E-state index in [2.05, 4.69) is 0 Å². The van der Waals surface area contributed by atoms with Gasteiger partial charge in [-0.15, -0.1) is 0 Å². The fourth-order valence-electron chi connectivity index (χ4n) is 2.02. The first-order chi connectivity index (χ1) is 10.7. The summed E-state index contributed by atoms with van der Waals surface area (Å²) in [6.45, 7) is 4.92. The molecule has 0 aliphatic carbocycles. The Bertz CT molecular complexity index is 802. The first kappa shape index (κ1) is 16.6. The molecule has 0 fully saturated rings. The van der Waals surface area contributed by atoms with Crippen LogP contribution in [0.25, 0.3) is 11.1 Å². The zero-order chi connectivity index (χ0) is 17.2. The van der Waals surface area contributed by atoms with Crippen LogP contribution in [0.1, 0.15) is 36.7 Å². The summed E-state index contributed by atoms with van der Waals surface area (Å²) in [7, 11) is 0. The number of ether oxygens (including phenoxy) is 1.